The number of hydrogen-bond acceptors (Lipinski definition) is 4. The zero-order chi connectivity index (χ0) is 10.4. The molecule has 0 atom stereocenters. The summed E-state index contributed by atoms with van der Waals surface area (Å²) in [6.45, 7) is 6.25. The molecule has 1 heterocycles. The van der Waals surface area contributed by atoms with Gasteiger partial charge in [0.15, 0.2) is 0 Å². The molecular weight excluding hydrogens is 196 g/mol. The standard InChI is InChI=1S/C10H18N2OS/c1-8-10(14-9(2)12-8)7-11-5-3-4-6-13/h11,13H,3-7H2,1-2H3. The third kappa shape index (κ3) is 3.74. The lowest BCUT2D eigenvalue weighted by Gasteiger charge is -2.01. The number of unbranched alkanes of at least 4 members (excludes halogenated alkanes) is 1. The van der Waals surface area contributed by atoms with Gasteiger partial charge in [-0.1, -0.05) is 0 Å². The Labute approximate surface area is 89.2 Å². The van der Waals surface area contributed by atoms with Crippen molar-refractivity contribution in [2.24, 2.45) is 0 Å². The maximum Gasteiger partial charge on any atom is 0.0900 e. The number of nitrogens with one attached hydrogen (secondary N) is 1. The second-order valence-electron chi connectivity index (χ2n) is 3.35. The van der Waals surface area contributed by atoms with Gasteiger partial charge in [-0.2, -0.15) is 0 Å². The average Bonchev–Trinajstić information content (AvgIpc) is 2.45. The Balaban J connectivity index is 2.21. The summed E-state index contributed by atoms with van der Waals surface area (Å²) in [5.41, 5.74) is 1.14. The van der Waals surface area contributed by atoms with Gasteiger partial charge in [-0.25, -0.2) is 4.98 Å². The lowest BCUT2D eigenvalue weighted by atomic mass is 10.3. The van der Waals surface area contributed by atoms with Gasteiger partial charge in [0.1, 0.15) is 0 Å². The number of nitrogens with zero attached hydrogens (tertiary/aromatic N) is 1. The van der Waals surface area contributed by atoms with E-state index in [0.29, 0.717) is 6.61 Å². The van der Waals surface area contributed by atoms with E-state index in [9.17, 15) is 0 Å². The highest BCUT2D eigenvalue weighted by Crippen LogP contribution is 2.16. The van der Waals surface area contributed by atoms with Crippen molar-refractivity contribution >= 4 is 11.3 Å². The molecule has 1 rings (SSSR count). The maximum atomic E-state index is 8.59. The Morgan fingerprint density at radius 2 is 2.14 bits per heavy atom. The molecule has 0 aliphatic carbocycles. The van der Waals surface area contributed by atoms with E-state index in [4.69, 9.17) is 5.11 Å². The zero-order valence-corrected chi connectivity index (χ0v) is 9.65. The van der Waals surface area contributed by atoms with E-state index in [-0.39, 0.29) is 0 Å². The van der Waals surface area contributed by atoms with Crippen molar-refractivity contribution in [2.45, 2.75) is 33.2 Å². The van der Waals surface area contributed by atoms with Gasteiger partial charge in [0.05, 0.1) is 10.7 Å². The SMILES string of the molecule is Cc1nc(C)c(CNCCCCO)s1. The van der Waals surface area contributed by atoms with Crippen LogP contribution in [-0.2, 0) is 6.54 Å². The number of thiazole rings is 1. The first kappa shape index (κ1) is 11.6. The van der Waals surface area contributed by atoms with Gasteiger partial charge in [0, 0.05) is 18.0 Å². The number of aliphatic hydroxyl groups is 1. The summed E-state index contributed by atoms with van der Waals surface area (Å²) in [6, 6.07) is 0. The smallest absolute Gasteiger partial charge is 0.0900 e. The Hall–Kier alpha value is -0.450. The normalized spacial score (nSPS) is 10.8. The molecule has 0 amide bonds. The summed E-state index contributed by atoms with van der Waals surface area (Å²) in [5, 5.41) is 13.1. The number of aryl methyl sites for hydroxylation is 2. The van der Waals surface area contributed by atoms with Crippen LogP contribution in [0.2, 0.25) is 0 Å². The molecule has 4 heteroatoms. The minimum atomic E-state index is 0.292. The lowest BCUT2D eigenvalue weighted by Crippen LogP contribution is -2.14. The molecule has 1 aromatic rings. The van der Waals surface area contributed by atoms with Crippen LogP contribution in [0.25, 0.3) is 0 Å². The van der Waals surface area contributed by atoms with Crippen LogP contribution in [0, 0.1) is 13.8 Å². The average molecular weight is 214 g/mol. The molecule has 1 aromatic heterocycles. The first-order chi connectivity index (χ1) is 6.74. The molecule has 0 aliphatic heterocycles. The molecule has 0 unspecified atom stereocenters. The van der Waals surface area contributed by atoms with Crippen molar-refractivity contribution in [2.75, 3.05) is 13.2 Å². The van der Waals surface area contributed by atoms with Gasteiger partial charge in [-0.15, -0.1) is 11.3 Å². The molecule has 0 spiro atoms. The second-order valence-corrected chi connectivity index (χ2v) is 4.64. The molecule has 0 fully saturated rings. The molecule has 0 aliphatic rings. The van der Waals surface area contributed by atoms with Gasteiger partial charge in [0.25, 0.3) is 0 Å². The molecule has 0 saturated carbocycles. The van der Waals surface area contributed by atoms with E-state index < -0.39 is 0 Å². The first-order valence-corrected chi connectivity index (χ1v) is 5.80. The van der Waals surface area contributed by atoms with Crippen LogP contribution in [0.4, 0.5) is 0 Å². The molecule has 14 heavy (non-hydrogen) atoms. The van der Waals surface area contributed by atoms with Crippen molar-refractivity contribution in [3.8, 4) is 0 Å². The van der Waals surface area contributed by atoms with Gasteiger partial charge >= 0.3 is 0 Å². The van der Waals surface area contributed by atoms with Crippen molar-refractivity contribution in [1.82, 2.24) is 10.3 Å². The summed E-state index contributed by atoms with van der Waals surface area (Å²) in [7, 11) is 0. The molecule has 0 bridgehead atoms. The highest BCUT2D eigenvalue weighted by atomic mass is 32.1. The Bertz CT molecular complexity index is 273. The minimum Gasteiger partial charge on any atom is -0.396 e. The Morgan fingerprint density at radius 1 is 1.36 bits per heavy atom. The highest BCUT2D eigenvalue weighted by molar-refractivity contribution is 7.11. The second kappa shape index (κ2) is 6.11. The number of rotatable bonds is 6. The van der Waals surface area contributed by atoms with E-state index in [1.54, 1.807) is 11.3 Å². The third-order valence-electron chi connectivity index (χ3n) is 2.05. The summed E-state index contributed by atoms with van der Waals surface area (Å²) in [4.78, 5) is 5.69. The number of aromatic nitrogens is 1. The minimum absolute atomic E-state index is 0.292. The molecule has 2 N–H and O–H groups in total. The zero-order valence-electron chi connectivity index (χ0n) is 8.84. The third-order valence-corrected chi connectivity index (χ3v) is 3.12. The summed E-state index contributed by atoms with van der Waals surface area (Å²) in [5.74, 6) is 0. The van der Waals surface area contributed by atoms with Crippen LogP contribution in [0.3, 0.4) is 0 Å². The van der Waals surface area contributed by atoms with Crippen LogP contribution >= 0.6 is 11.3 Å². The summed E-state index contributed by atoms with van der Waals surface area (Å²) < 4.78 is 0. The van der Waals surface area contributed by atoms with Crippen LogP contribution in [0.5, 0.6) is 0 Å². The van der Waals surface area contributed by atoms with E-state index >= 15 is 0 Å². The topological polar surface area (TPSA) is 45.2 Å². The van der Waals surface area contributed by atoms with E-state index in [1.807, 2.05) is 13.8 Å². The van der Waals surface area contributed by atoms with E-state index in [2.05, 4.69) is 10.3 Å². The fourth-order valence-electron chi connectivity index (χ4n) is 1.30. The lowest BCUT2D eigenvalue weighted by molar-refractivity contribution is 0.283. The number of aliphatic hydroxyl groups excluding tert-OH is 1. The van der Waals surface area contributed by atoms with Crippen molar-refractivity contribution < 1.29 is 5.11 Å². The van der Waals surface area contributed by atoms with E-state index in [0.717, 1.165) is 36.6 Å². The monoisotopic (exact) mass is 214 g/mol. The van der Waals surface area contributed by atoms with Crippen molar-refractivity contribution in [1.29, 1.82) is 0 Å². The Morgan fingerprint density at radius 3 is 2.71 bits per heavy atom. The summed E-state index contributed by atoms with van der Waals surface area (Å²) in [6.07, 6.45) is 1.92. The van der Waals surface area contributed by atoms with E-state index in [1.165, 1.54) is 4.88 Å². The van der Waals surface area contributed by atoms with Gasteiger partial charge in [-0.05, 0) is 33.2 Å². The number of hydrogen-bond donors (Lipinski definition) is 2. The first-order valence-electron chi connectivity index (χ1n) is 4.98. The van der Waals surface area contributed by atoms with Crippen molar-refractivity contribution in [3.63, 3.8) is 0 Å². The summed E-state index contributed by atoms with van der Waals surface area (Å²) >= 11 is 1.76. The van der Waals surface area contributed by atoms with Crippen LogP contribution in [-0.4, -0.2) is 23.2 Å². The fraction of sp³-hybridized carbons (Fsp3) is 0.700. The molecule has 0 saturated heterocycles. The predicted molar refractivity (Wildman–Crippen MR) is 59.6 cm³/mol. The molecule has 80 valence electrons. The van der Waals surface area contributed by atoms with Crippen LogP contribution in [0.15, 0.2) is 0 Å². The van der Waals surface area contributed by atoms with Crippen LogP contribution < -0.4 is 5.32 Å². The maximum absolute atomic E-state index is 8.59. The highest BCUT2D eigenvalue weighted by Gasteiger charge is 2.02. The van der Waals surface area contributed by atoms with Crippen molar-refractivity contribution in [3.05, 3.63) is 15.6 Å². The van der Waals surface area contributed by atoms with Gasteiger partial charge in [0.2, 0.25) is 0 Å². The van der Waals surface area contributed by atoms with Gasteiger partial charge in [-0.3, -0.25) is 0 Å². The molecule has 3 nitrogen and oxygen atoms in total. The predicted octanol–water partition coefficient (Wildman–Crippen LogP) is 1.62. The Kier molecular flexibility index (Phi) is 5.07. The molecule has 0 aromatic carbocycles. The van der Waals surface area contributed by atoms with Crippen LogP contribution in [0.1, 0.15) is 28.4 Å². The van der Waals surface area contributed by atoms with Gasteiger partial charge < -0.3 is 10.4 Å². The molecule has 0 radical (unpaired) electrons. The largest absolute Gasteiger partial charge is 0.396 e. The quantitative estimate of drug-likeness (QED) is 0.707. The fourth-order valence-corrected chi connectivity index (χ4v) is 2.21. The molecular formula is C10H18N2OS.